The molecule has 0 aromatic heterocycles. The predicted molar refractivity (Wildman–Crippen MR) is 129 cm³/mol. The number of carbonyl (C=O) groups excluding carboxylic acids is 1. The Balaban J connectivity index is 0.00000648. The number of aliphatic carboxylic acids is 1. The Kier molecular flexibility index (Phi) is 15.1. The Bertz CT molecular complexity index is 963. The molecule has 0 saturated heterocycles. The van der Waals surface area contributed by atoms with Crippen molar-refractivity contribution in [2.45, 2.75) is 44.8 Å². The Hall–Kier alpha value is -1.78. The number of rotatable bonds is 15. The second-order valence-corrected chi connectivity index (χ2v) is 8.48. The number of halogens is 1. The van der Waals surface area contributed by atoms with Crippen LogP contribution in [-0.2, 0) is 14.3 Å². The molecule has 0 aliphatic rings. The van der Waals surface area contributed by atoms with Crippen LogP contribution in [0.3, 0.4) is 0 Å². The van der Waals surface area contributed by atoms with E-state index in [9.17, 15) is 24.5 Å². The summed E-state index contributed by atoms with van der Waals surface area (Å²) in [6.45, 7) is 5.77. The van der Waals surface area contributed by atoms with E-state index in [0.29, 0.717) is 32.2 Å². The molecule has 0 heterocycles. The average molecular weight is 513 g/mol. The van der Waals surface area contributed by atoms with E-state index in [1.807, 2.05) is 26.0 Å². The standard InChI is InChI=1S/C27H35FO7.Na/c1-18(2)25-16-23(35-13-12-34-11-10-33-3)17-26(19-4-6-20(28)7-5-19)24(25)9-8-21(29)14-22(30)15-27(31)32;/h4-9,16-18,21-22,29-30H,10-15H2,1-3H3,(H,31,32);/q;+1/p-1/b9-8+;. The average Bonchev–Trinajstić information content (AvgIpc) is 2.79. The molecule has 0 spiro atoms. The molecule has 36 heavy (non-hydrogen) atoms. The fourth-order valence-electron chi connectivity index (χ4n) is 3.57. The van der Waals surface area contributed by atoms with Crippen LogP contribution in [0, 0.1) is 5.82 Å². The fourth-order valence-corrected chi connectivity index (χ4v) is 3.57. The van der Waals surface area contributed by atoms with Gasteiger partial charge in [-0.25, -0.2) is 4.39 Å². The van der Waals surface area contributed by atoms with Gasteiger partial charge in [0.2, 0.25) is 0 Å². The number of methoxy groups -OCH3 is 1. The van der Waals surface area contributed by atoms with Gasteiger partial charge in [0.05, 0.1) is 32.0 Å². The molecule has 0 radical (unpaired) electrons. The second-order valence-electron chi connectivity index (χ2n) is 8.48. The normalized spacial score (nSPS) is 13.0. The summed E-state index contributed by atoms with van der Waals surface area (Å²) in [7, 11) is 1.61. The van der Waals surface area contributed by atoms with E-state index in [2.05, 4.69) is 0 Å². The molecule has 0 aliphatic carbocycles. The third-order valence-corrected chi connectivity index (χ3v) is 5.29. The fraction of sp³-hybridized carbons (Fsp3) is 0.444. The van der Waals surface area contributed by atoms with E-state index >= 15 is 0 Å². The van der Waals surface area contributed by atoms with Crippen LogP contribution in [0.25, 0.3) is 17.2 Å². The number of ether oxygens (including phenoxy) is 3. The molecule has 192 valence electrons. The molecule has 2 atom stereocenters. The van der Waals surface area contributed by atoms with Crippen LogP contribution in [0.2, 0.25) is 0 Å². The SMILES string of the molecule is COCCOCCOc1cc(-c2ccc(F)cc2)c(/C=C/C(O)CC(O)CC(=O)[O-])c(C(C)C)c1.[Na+]. The first-order chi connectivity index (χ1) is 16.7. The second kappa shape index (κ2) is 16.9. The molecule has 2 N–H and O–H groups in total. The molecule has 2 unspecified atom stereocenters. The molecule has 0 bridgehead atoms. The Morgan fingerprint density at radius 1 is 1.08 bits per heavy atom. The van der Waals surface area contributed by atoms with Crippen molar-refractivity contribution in [2.24, 2.45) is 0 Å². The van der Waals surface area contributed by atoms with E-state index in [-0.39, 0.29) is 47.7 Å². The molecule has 2 aromatic rings. The molecular formula is C27H34FNaO7. The first kappa shape index (κ1) is 32.2. The van der Waals surface area contributed by atoms with Crippen molar-refractivity contribution in [3.63, 3.8) is 0 Å². The number of carboxylic acids is 1. The predicted octanol–water partition coefficient (Wildman–Crippen LogP) is -0.0730. The summed E-state index contributed by atoms with van der Waals surface area (Å²) >= 11 is 0. The van der Waals surface area contributed by atoms with Crippen molar-refractivity contribution in [1.29, 1.82) is 0 Å². The van der Waals surface area contributed by atoms with Gasteiger partial charge in [-0.1, -0.05) is 38.1 Å². The molecule has 0 amide bonds. The van der Waals surface area contributed by atoms with Gasteiger partial charge in [-0.2, -0.15) is 0 Å². The largest absolute Gasteiger partial charge is 1.00 e. The zero-order valence-electron chi connectivity index (χ0n) is 21.4. The smallest absolute Gasteiger partial charge is 0.550 e. The van der Waals surface area contributed by atoms with Gasteiger partial charge in [0, 0.05) is 25.9 Å². The summed E-state index contributed by atoms with van der Waals surface area (Å²) in [6, 6.07) is 9.86. The number of hydrogen-bond donors (Lipinski definition) is 2. The van der Waals surface area contributed by atoms with E-state index in [4.69, 9.17) is 14.2 Å². The van der Waals surface area contributed by atoms with Gasteiger partial charge in [0.15, 0.2) is 0 Å². The zero-order chi connectivity index (χ0) is 25.8. The number of benzene rings is 2. The monoisotopic (exact) mass is 512 g/mol. The first-order valence-electron chi connectivity index (χ1n) is 11.6. The van der Waals surface area contributed by atoms with Crippen LogP contribution < -0.4 is 39.4 Å². The van der Waals surface area contributed by atoms with Crippen molar-refractivity contribution in [3.8, 4) is 16.9 Å². The van der Waals surface area contributed by atoms with Crippen LogP contribution in [0.1, 0.15) is 43.7 Å². The third kappa shape index (κ3) is 11.1. The van der Waals surface area contributed by atoms with E-state index < -0.39 is 24.6 Å². The van der Waals surface area contributed by atoms with Crippen LogP contribution >= 0.6 is 0 Å². The maximum absolute atomic E-state index is 13.6. The summed E-state index contributed by atoms with van der Waals surface area (Å²) in [5.74, 6) is -1.01. The number of aliphatic hydroxyl groups excluding tert-OH is 2. The Labute approximate surface area is 234 Å². The van der Waals surface area contributed by atoms with Crippen LogP contribution in [0.5, 0.6) is 5.75 Å². The van der Waals surface area contributed by atoms with Crippen molar-refractivity contribution in [3.05, 3.63) is 59.4 Å². The third-order valence-electron chi connectivity index (χ3n) is 5.29. The molecular weight excluding hydrogens is 478 g/mol. The van der Waals surface area contributed by atoms with E-state index in [0.717, 1.165) is 22.3 Å². The summed E-state index contributed by atoms with van der Waals surface area (Å²) in [6.07, 6.45) is 0.272. The maximum atomic E-state index is 13.6. The minimum atomic E-state index is -1.38. The van der Waals surface area contributed by atoms with Gasteiger partial charge in [-0.15, -0.1) is 0 Å². The number of hydrogen-bond acceptors (Lipinski definition) is 7. The summed E-state index contributed by atoms with van der Waals surface area (Å²) < 4.78 is 29.9. The van der Waals surface area contributed by atoms with E-state index in [1.165, 1.54) is 18.2 Å². The van der Waals surface area contributed by atoms with Gasteiger partial charge in [-0.3, -0.25) is 0 Å². The summed E-state index contributed by atoms with van der Waals surface area (Å²) in [5.41, 5.74) is 3.30. The zero-order valence-corrected chi connectivity index (χ0v) is 23.4. The first-order valence-corrected chi connectivity index (χ1v) is 11.6. The molecule has 2 rings (SSSR count). The summed E-state index contributed by atoms with van der Waals surface area (Å²) in [4.78, 5) is 10.7. The van der Waals surface area contributed by atoms with Crippen molar-refractivity contribution in [1.82, 2.24) is 0 Å². The van der Waals surface area contributed by atoms with Crippen molar-refractivity contribution < 1.29 is 68.3 Å². The number of carbonyl (C=O) groups is 1. The molecule has 0 saturated carbocycles. The molecule has 2 aromatic carbocycles. The number of aliphatic hydroxyl groups is 2. The molecule has 7 nitrogen and oxygen atoms in total. The van der Waals surface area contributed by atoms with Gasteiger partial charge >= 0.3 is 29.6 Å². The molecule has 0 aliphatic heterocycles. The topological polar surface area (TPSA) is 108 Å². The number of carboxylic acid groups (broad SMARTS) is 1. The summed E-state index contributed by atoms with van der Waals surface area (Å²) in [5, 5.41) is 30.8. The van der Waals surface area contributed by atoms with E-state index in [1.54, 1.807) is 25.3 Å². The van der Waals surface area contributed by atoms with Crippen LogP contribution in [0.15, 0.2) is 42.5 Å². The van der Waals surface area contributed by atoms with Gasteiger partial charge in [0.1, 0.15) is 18.2 Å². The maximum Gasteiger partial charge on any atom is 1.00 e. The molecule has 0 fully saturated rings. The van der Waals surface area contributed by atoms with Gasteiger partial charge in [0.25, 0.3) is 0 Å². The van der Waals surface area contributed by atoms with Crippen LogP contribution in [0.4, 0.5) is 4.39 Å². The molecule has 9 heteroatoms. The Morgan fingerprint density at radius 2 is 1.75 bits per heavy atom. The van der Waals surface area contributed by atoms with Crippen molar-refractivity contribution >= 4 is 12.0 Å². The Morgan fingerprint density at radius 3 is 2.36 bits per heavy atom. The van der Waals surface area contributed by atoms with Crippen molar-refractivity contribution in [2.75, 3.05) is 33.5 Å². The minimum absolute atomic E-state index is 0. The minimum Gasteiger partial charge on any atom is -0.550 e. The van der Waals surface area contributed by atoms with Gasteiger partial charge in [-0.05, 0) is 52.4 Å². The quantitative estimate of drug-likeness (QED) is 0.254. The van der Waals surface area contributed by atoms with Gasteiger partial charge < -0.3 is 34.3 Å². The van der Waals surface area contributed by atoms with Crippen LogP contribution in [-0.4, -0.2) is 61.9 Å².